The minimum atomic E-state index is -1.00. The van der Waals surface area contributed by atoms with Crippen molar-refractivity contribution in [2.45, 2.75) is 20.4 Å². The second-order valence-electron chi connectivity index (χ2n) is 4.86. The Bertz CT molecular complexity index is 651. The molecule has 0 saturated heterocycles. The molecule has 4 N–H and O–H groups in total. The summed E-state index contributed by atoms with van der Waals surface area (Å²) in [5.41, 5.74) is 10.5. The van der Waals surface area contributed by atoms with Crippen LogP contribution in [0.3, 0.4) is 0 Å². The van der Waals surface area contributed by atoms with E-state index in [-0.39, 0.29) is 5.56 Å². The van der Waals surface area contributed by atoms with Gasteiger partial charge in [-0.05, 0) is 37.1 Å². The first-order chi connectivity index (χ1) is 9.49. The van der Waals surface area contributed by atoms with E-state index in [9.17, 15) is 4.79 Å². The van der Waals surface area contributed by atoms with Crippen LogP contribution in [-0.2, 0) is 6.54 Å². The number of carbonyl (C=O) groups is 1. The van der Waals surface area contributed by atoms with Crippen molar-refractivity contribution in [3.05, 3.63) is 58.7 Å². The van der Waals surface area contributed by atoms with E-state index in [0.29, 0.717) is 12.2 Å². The van der Waals surface area contributed by atoms with Crippen molar-refractivity contribution in [1.29, 1.82) is 0 Å². The molecular weight excluding hydrogens is 252 g/mol. The van der Waals surface area contributed by atoms with Crippen LogP contribution in [0.2, 0.25) is 0 Å². The van der Waals surface area contributed by atoms with Crippen molar-refractivity contribution >= 4 is 17.3 Å². The van der Waals surface area contributed by atoms with Crippen LogP contribution in [0.5, 0.6) is 0 Å². The summed E-state index contributed by atoms with van der Waals surface area (Å²) in [6, 6.07) is 11.2. The molecule has 2 aromatic carbocycles. The topological polar surface area (TPSA) is 75.3 Å². The van der Waals surface area contributed by atoms with Gasteiger partial charge in [-0.3, -0.25) is 0 Å². The van der Waals surface area contributed by atoms with E-state index in [1.54, 1.807) is 6.07 Å². The molecule has 0 heterocycles. The highest BCUT2D eigenvalue weighted by Crippen LogP contribution is 2.21. The third kappa shape index (κ3) is 2.91. The number of rotatable bonds is 4. The molecule has 0 atom stereocenters. The lowest BCUT2D eigenvalue weighted by Gasteiger charge is -2.13. The largest absolute Gasteiger partial charge is 0.478 e. The molecule has 0 saturated carbocycles. The number of aromatic carboxylic acids is 1. The molecule has 2 rings (SSSR count). The second kappa shape index (κ2) is 5.65. The highest BCUT2D eigenvalue weighted by atomic mass is 16.4. The number of aryl methyl sites for hydroxylation is 2. The van der Waals surface area contributed by atoms with Gasteiger partial charge in [0.1, 0.15) is 0 Å². The van der Waals surface area contributed by atoms with Gasteiger partial charge in [-0.2, -0.15) is 0 Å². The van der Waals surface area contributed by atoms with E-state index in [2.05, 4.69) is 11.4 Å². The molecule has 4 heteroatoms. The number of benzene rings is 2. The van der Waals surface area contributed by atoms with Gasteiger partial charge in [0.05, 0.1) is 11.3 Å². The Balaban J connectivity index is 2.19. The molecule has 0 radical (unpaired) electrons. The number of hydrogen-bond acceptors (Lipinski definition) is 3. The lowest BCUT2D eigenvalue weighted by atomic mass is 10.1. The van der Waals surface area contributed by atoms with Crippen molar-refractivity contribution < 1.29 is 9.90 Å². The van der Waals surface area contributed by atoms with E-state index in [1.807, 2.05) is 32.0 Å². The molecule has 0 bridgehead atoms. The highest BCUT2D eigenvalue weighted by molar-refractivity contribution is 5.94. The van der Waals surface area contributed by atoms with Crippen molar-refractivity contribution in [3.8, 4) is 0 Å². The van der Waals surface area contributed by atoms with E-state index >= 15 is 0 Å². The molecule has 0 fully saturated rings. The van der Waals surface area contributed by atoms with Gasteiger partial charge >= 0.3 is 5.97 Å². The second-order valence-corrected chi connectivity index (χ2v) is 4.86. The van der Waals surface area contributed by atoms with Crippen molar-refractivity contribution in [2.75, 3.05) is 11.1 Å². The number of carboxylic acid groups (broad SMARTS) is 1. The zero-order chi connectivity index (χ0) is 14.7. The predicted octanol–water partition coefficient (Wildman–Crippen LogP) is 3.20. The molecule has 0 amide bonds. The number of nitrogens with one attached hydrogen (secondary N) is 1. The molecule has 20 heavy (non-hydrogen) atoms. The van der Waals surface area contributed by atoms with Gasteiger partial charge < -0.3 is 16.2 Å². The van der Waals surface area contributed by atoms with E-state index in [1.165, 1.54) is 11.6 Å². The van der Waals surface area contributed by atoms with E-state index in [4.69, 9.17) is 10.8 Å². The summed E-state index contributed by atoms with van der Waals surface area (Å²) in [7, 11) is 0. The maximum atomic E-state index is 11.0. The Morgan fingerprint density at radius 1 is 1.25 bits per heavy atom. The number of hydrogen-bond donors (Lipinski definition) is 3. The molecule has 4 nitrogen and oxygen atoms in total. The van der Waals surface area contributed by atoms with Crippen LogP contribution in [0.4, 0.5) is 11.4 Å². The molecule has 104 valence electrons. The van der Waals surface area contributed by atoms with Crippen molar-refractivity contribution in [1.82, 2.24) is 0 Å². The summed E-state index contributed by atoms with van der Waals surface area (Å²) in [6.07, 6.45) is 0. The first-order valence-electron chi connectivity index (χ1n) is 6.41. The Labute approximate surface area is 118 Å². The summed E-state index contributed by atoms with van der Waals surface area (Å²) >= 11 is 0. The van der Waals surface area contributed by atoms with Gasteiger partial charge in [-0.1, -0.05) is 29.8 Å². The van der Waals surface area contributed by atoms with Gasteiger partial charge in [-0.15, -0.1) is 0 Å². The molecule has 0 unspecified atom stereocenters. The zero-order valence-corrected chi connectivity index (χ0v) is 11.6. The molecule has 2 aromatic rings. The first kappa shape index (κ1) is 13.9. The number of carboxylic acids is 1. The Morgan fingerprint density at radius 3 is 2.65 bits per heavy atom. The van der Waals surface area contributed by atoms with Crippen molar-refractivity contribution in [3.63, 3.8) is 0 Å². The van der Waals surface area contributed by atoms with Gasteiger partial charge in [0.25, 0.3) is 0 Å². The number of para-hydroxylation sites is 1. The lowest BCUT2D eigenvalue weighted by molar-refractivity contribution is 0.0698. The minimum Gasteiger partial charge on any atom is -0.478 e. The minimum absolute atomic E-state index is 0.143. The van der Waals surface area contributed by atoms with E-state index < -0.39 is 5.97 Å². The molecule has 0 aliphatic heterocycles. The number of nitrogen functional groups attached to an aromatic ring is 1. The van der Waals surface area contributed by atoms with Crippen LogP contribution in [-0.4, -0.2) is 11.1 Å². The summed E-state index contributed by atoms with van der Waals surface area (Å²) in [5.74, 6) is -1.00. The van der Waals surface area contributed by atoms with Gasteiger partial charge in [0.15, 0.2) is 0 Å². The van der Waals surface area contributed by atoms with Gasteiger partial charge in [0, 0.05) is 12.2 Å². The van der Waals surface area contributed by atoms with Crippen LogP contribution >= 0.6 is 0 Å². The maximum Gasteiger partial charge on any atom is 0.337 e. The van der Waals surface area contributed by atoms with Gasteiger partial charge in [0.2, 0.25) is 0 Å². The first-order valence-corrected chi connectivity index (χ1v) is 6.41. The standard InChI is InChI=1S/C16H18N2O2/c1-10-6-7-14(11(2)8-10)18-9-12-4-3-5-13(15(12)17)16(19)20/h3-8,18H,9,17H2,1-2H3,(H,19,20). The molecule has 0 aliphatic carbocycles. The van der Waals surface area contributed by atoms with Crippen LogP contribution in [0.1, 0.15) is 27.0 Å². The highest BCUT2D eigenvalue weighted by Gasteiger charge is 2.10. The summed E-state index contributed by atoms with van der Waals surface area (Å²) < 4.78 is 0. The average molecular weight is 270 g/mol. The summed E-state index contributed by atoms with van der Waals surface area (Å²) in [4.78, 5) is 11.0. The Morgan fingerprint density at radius 2 is 2.00 bits per heavy atom. The summed E-state index contributed by atoms with van der Waals surface area (Å²) in [6.45, 7) is 4.58. The fourth-order valence-electron chi connectivity index (χ4n) is 2.16. The Kier molecular flexibility index (Phi) is 3.94. The summed E-state index contributed by atoms with van der Waals surface area (Å²) in [5, 5.41) is 12.3. The fourth-order valence-corrected chi connectivity index (χ4v) is 2.16. The fraction of sp³-hybridized carbons (Fsp3) is 0.188. The smallest absolute Gasteiger partial charge is 0.337 e. The predicted molar refractivity (Wildman–Crippen MR) is 81.1 cm³/mol. The monoisotopic (exact) mass is 270 g/mol. The van der Waals surface area contributed by atoms with Gasteiger partial charge in [-0.25, -0.2) is 4.79 Å². The zero-order valence-electron chi connectivity index (χ0n) is 11.6. The third-order valence-electron chi connectivity index (χ3n) is 3.28. The number of anilines is 2. The normalized spacial score (nSPS) is 10.3. The SMILES string of the molecule is Cc1ccc(NCc2cccc(C(=O)O)c2N)c(C)c1. The van der Waals surface area contributed by atoms with Crippen LogP contribution in [0.25, 0.3) is 0 Å². The molecule has 0 spiro atoms. The molecule has 0 aliphatic rings. The average Bonchev–Trinajstić information content (AvgIpc) is 2.39. The third-order valence-corrected chi connectivity index (χ3v) is 3.28. The van der Waals surface area contributed by atoms with Crippen LogP contribution in [0.15, 0.2) is 36.4 Å². The number of nitrogens with two attached hydrogens (primary N) is 1. The van der Waals surface area contributed by atoms with Crippen LogP contribution in [0, 0.1) is 13.8 Å². The Hall–Kier alpha value is -2.49. The van der Waals surface area contributed by atoms with Crippen LogP contribution < -0.4 is 11.1 Å². The molecular formula is C16H18N2O2. The quantitative estimate of drug-likeness (QED) is 0.746. The van der Waals surface area contributed by atoms with E-state index in [0.717, 1.165) is 16.8 Å². The van der Waals surface area contributed by atoms with Crippen molar-refractivity contribution in [2.24, 2.45) is 0 Å². The lowest BCUT2D eigenvalue weighted by Crippen LogP contribution is -2.08. The maximum absolute atomic E-state index is 11.0. The molecule has 0 aromatic heterocycles.